The Labute approximate surface area is 136 Å². The number of alkyl halides is 3. The Morgan fingerprint density at radius 2 is 2.04 bits per heavy atom. The van der Waals surface area contributed by atoms with Gasteiger partial charge in [0.25, 0.3) is 5.91 Å². The van der Waals surface area contributed by atoms with Crippen molar-refractivity contribution in [2.75, 3.05) is 18.0 Å². The molecule has 0 atom stereocenters. The van der Waals surface area contributed by atoms with Gasteiger partial charge in [0, 0.05) is 31.4 Å². The largest absolute Gasteiger partial charge is 0.389 e. The molecule has 0 aromatic carbocycles. The van der Waals surface area contributed by atoms with E-state index in [1.807, 2.05) is 4.90 Å². The zero-order valence-electron chi connectivity index (χ0n) is 12.8. The molecule has 0 unspecified atom stereocenters. The second-order valence-electron chi connectivity index (χ2n) is 5.93. The molecule has 1 spiro atoms. The van der Waals surface area contributed by atoms with Crippen molar-refractivity contribution in [1.29, 1.82) is 0 Å². The lowest BCUT2D eigenvalue weighted by molar-refractivity contribution is -0.134. The predicted molar refractivity (Wildman–Crippen MR) is 80.4 cm³/mol. The third-order valence-electron chi connectivity index (χ3n) is 4.24. The number of amides is 1. The Kier molecular flexibility index (Phi) is 4.06. The minimum atomic E-state index is -4.21. The molecule has 0 saturated carbocycles. The van der Waals surface area contributed by atoms with Crippen LogP contribution in [0.25, 0.3) is 0 Å². The molecule has 7 nitrogen and oxygen atoms in total. The van der Waals surface area contributed by atoms with Gasteiger partial charge in [-0.05, 0) is 25.3 Å². The van der Waals surface area contributed by atoms with Crippen molar-refractivity contribution in [3.05, 3.63) is 18.0 Å². The second-order valence-corrected chi connectivity index (χ2v) is 5.93. The molecule has 130 valence electrons. The number of nitrogens with two attached hydrogens (primary N) is 1. The summed E-state index contributed by atoms with van der Waals surface area (Å²) in [7, 11) is 0. The van der Waals surface area contributed by atoms with Crippen LogP contribution in [0.4, 0.5) is 19.1 Å². The minimum absolute atomic E-state index is 0.124. The van der Waals surface area contributed by atoms with Gasteiger partial charge in [0.15, 0.2) is 5.96 Å². The summed E-state index contributed by atoms with van der Waals surface area (Å²) in [6.07, 6.45) is -2.95. The Balaban J connectivity index is 1.65. The summed E-state index contributed by atoms with van der Waals surface area (Å²) in [6, 6.07) is 1.48. The Morgan fingerprint density at radius 3 is 2.62 bits per heavy atom. The van der Waals surface area contributed by atoms with Gasteiger partial charge in [0.05, 0.1) is 0 Å². The standard InChI is InChI=1S/C14H17F3N6O/c15-14(16,17)3-1-9-2-6-19-12(20-9)23-7-4-13(5-8-23)10(24)21-11(18)22-13/h2,6H,1,3-5,7-8H2,(H3,18,21,22,24). The van der Waals surface area contributed by atoms with E-state index in [1.54, 1.807) is 0 Å². The lowest BCUT2D eigenvalue weighted by Gasteiger charge is -2.35. The lowest BCUT2D eigenvalue weighted by atomic mass is 9.88. The van der Waals surface area contributed by atoms with Crippen LogP contribution in [0, 0.1) is 0 Å². The van der Waals surface area contributed by atoms with Crippen LogP contribution in [0.15, 0.2) is 17.3 Å². The Bertz CT molecular complexity index is 667. The number of anilines is 1. The van der Waals surface area contributed by atoms with Gasteiger partial charge in [-0.15, -0.1) is 0 Å². The molecular weight excluding hydrogens is 325 g/mol. The third kappa shape index (κ3) is 3.41. The second kappa shape index (κ2) is 5.91. The number of aryl methyl sites for hydroxylation is 1. The topological polar surface area (TPSA) is 96.5 Å². The van der Waals surface area contributed by atoms with Gasteiger partial charge >= 0.3 is 6.18 Å². The summed E-state index contributed by atoms with van der Waals surface area (Å²) >= 11 is 0. The number of hydrogen-bond acceptors (Lipinski definition) is 6. The normalized spacial score (nSPS) is 20.2. The van der Waals surface area contributed by atoms with Gasteiger partial charge < -0.3 is 10.6 Å². The van der Waals surface area contributed by atoms with Crippen LogP contribution < -0.4 is 16.0 Å². The van der Waals surface area contributed by atoms with Crippen LogP contribution in [0.3, 0.4) is 0 Å². The molecule has 1 aromatic heterocycles. The number of halogens is 3. The number of aliphatic imine (C=N–C) groups is 1. The average Bonchev–Trinajstić information content (AvgIpc) is 2.79. The average molecular weight is 342 g/mol. The van der Waals surface area contributed by atoms with Crippen molar-refractivity contribution in [1.82, 2.24) is 15.3 Å². The smallest absolute Gasteiger partial charge is 0.370 e. The number of carbonyl (C=O) groups is 1. The SMILES string of the molecule is NC1=NC2(CCN(c3nccc(CCC(F)(F)F)n3)CC2)C(=O)N1. The van der Waals surface area contributed by atoms with E-state index in [9.17, 15) is 18.0 Å². The maximum absolute atomic E-state index is 12.3. The Hall–Kier alpha value is -2.39. The van der Waals surface area contributed by atoms with Gasteiger partial charge in [-0.25, -0.2) is 15.0 Å². The van der Waals surface area contributed by atoms with E-state index in [4.69, 9.17) is 5.73 Å². The summed E-state index contributed by atoms with van der Waals surface area (Å²) in [5.74, 6) is 0.290. The lowest BCUT2D eigenvalue weighted by Crippen LogP contribution is -2.49. The number of piperidine rings is 1. The molecule has 0 aliphatic carbocycles. The first-order valence-electron chi connectivity index (χ1n) is 7.58. The fourth-order valence-electron chi connectivity index (χ4n) is 2.90. The van der Waals surface area contributed by atoms with Crippen molar-refractivity contribution in [2.45, 2.75) is 37.4 Å². The molecule has 3 N–H and O–H groups in total. The first-order chi connectivity index (χ1) is 11.3. The maximum Gasteiger partial charge on any atom is 0.389 e. The predicted octanol–water partition coefficient (Wildman–Crippen LogP) is 0.755. The molecule has 0 bridgehead atoms. The van der Waals surface area contributed by atoms with Crippen LogP contribution >= 0.6 is 0 Å². The summed E-state index contributed by atoms with van der Waals surface area (Å²) in [4.78, 5) is 26.4. The molecule has 1 amide bonds. The highest BCUT2D eigenvalue weighted by atomic mass is 19.4. The molecule has 2 aliphatic rings. The van der Waals surface area contributed by atoms with Crippen LogP contribution in [0.2, 0.25) is 0 Å². The zero-order valence-corrected chi connectivity index (χ0v) is 12.8. The number of nitrogens with zero attached hydrogens (tertiary/aromatic N) is 4. The van der Waals surface area contributed by atoms with Gasteiger partial charge in [-0.1, -0.05) is 0 Å². The van der Waals surface area contributed by atoms with E-state index >= 15 is 0 Å². The van der Waals surface area contributed by atoms with E-state index in [2.05, 4.69) is 20.3 Å². The van der Waals surface area contributed by atoms with Crippen molar-refractivity contribution in [3.63, 3.8) is 0 Å². The number of carbonyl (C=O) groups excluding carboxylic acids is 1. The molecule has 24 heavy (non-hydrogen) atoms. The van der Waals surface area contributed by atoms with Crippen molar-refractivity contribution < 1.29 is 18.0 Å². The molecule has 3 rings (SSSR count). The third-order valence-corrected chi connectivity index (χ3v) is 4.24. The van der Waals surface area contributed by atoms with Crippen molar-refractivity contribution in [3.8, 4) is 0 Å². The number of rotatable bonds is 3. The summed E-state index contributed by atoms with van der Waals surface area (Å²) in [6.45, 7) is 0.958. The van der Waals surface area contributed by atoms with Crippen molar-refractivity contribution in [2.24, 2.45) is 10.7 Å². The molecule has 3 heterocycles. The van der Waals surface area contributed by atoms with Crippen LogP contribution in [-0.2, 0) is 11.2 Å². The highest BCUT2D eigenvalue weighted by Gasteiger charge is 2.45. The number of aromatic nitrogens is 2. The fourth-order valence-corrected chi connectivity index (χ4v) is 2.90. The zero-order chi connectivity index (χ0) is 17.4. The van der Waals surface area contributed by atoms with E-state index in [-0.39, 0.29) is 18.3 Å². The van der Waals surface area contributed by atoms with Crippen LogP contribution in [-0.4, -0.2) is 46.6 Å². The van der Waals surface area contributed by atoms with Gasteiger partial charge in [0.2, 0.25) is 5.95 Å². The molecular formula is C14H17F3N6O. The first kappa shape index (κ1) is 16.5. The van der Waals surface area contributed by atoms with Gasteiger partial charge in [-0.2, -0.15) is 13.2 Å². The number of guanidine groups is 1. The molecule has 2 aliphatic heterocycles. The maximum atomic E-state index is 12.3. The summed E-state index contributed by atoms with van der Waals surface area (Å²) in [5.41, 5.74) is 5.06. The quantitative estimate of drug-likeness (QED) is 0.845. The molecule has 1 aromatic rings. The van der Waals surface area contributed by atoms with Crippen LogP contribution in [0.5, 0.6) is 0 Å². The van der Waals surface area contributed by atoms with Gasteiger partial charge in [-0.3, -0.25) is 10.1 Å². The van der Waals surface area contributed by atoms with E-state index in [0.717, 1.165) is 0 Å². The van der Waals surface area contributed by atoms with Crippen molar-refractivity contribution >= 4 is 17.8 Å². The van der Waals surface area contributed by atoms with E-state index < -0.39 is 18.1 Å². The highest BCUT2D eigenvalue weighted by Crippen LogP contribution is 2.30. The summed E-state index contributed by atoms with van der Waals surface area (Å²) < 4.78 is 37.0. The highest BCUT2D eigenvalue weighted by molar-refractivity contribution is 6.06. The molecule has 10 heteroatoms. The fraction of sp³-hybridized carbons (Fsp3) is 0.571. The number of hydrogen-bond donors (Lipinski definition) is 2. The van der Waals surface area contributed by atoms with E-state index in [0.29, 0.717) is 37.6 Å². The number of nitrogens with one attached hydrogen (secondary N) is 1. The minimum Gasteiger partial charge on any atom is -0.370 e. The molecule has 0 radical (unpaired) electrons. The Morgan fingerprint density at radius 1 is 1.33 bits per heavy atom. The van der Waals surface area contributed by atoms with E-state index in [1.165, 1.54) is 12.3 Å². The summed E-state index contributed by atoms with van der Waals surface area (Å²) in [5, 5.41) is 2.50. The monoisotopic (exact) mass is 342 g/mol. The van der Waals surface area contributed by atoms with Gasteiger partial charge in [0.1, 0.15) is 5.54 Å². The molecule has 1 saturated heterocycles. The molecule has 1 fully saturated rings. The first-order valence-corrected chi connectivity index (χ1v) is 7.58. The van der Waals surface area contributed by atoms with Crippen LogP contribution in [0.1, 0.15) is 25.0 Å².